The van der Waals surface area contributed by atoms with Crippen LogP contribution < -0.4 is 11.5 Å². The summed E-state index contributed by atoms with van der Waals surface area (Å²) in [7, 11) is 0. The molecule has 3 unspecified atom stereocenters. The Hall–Kier alpha value is -0.260. The predicted octanol–water partition coefficient (Wildman–Crippen LogP) is 0.880. The van der Waals surface area contributed by atoms with Crippen molar-refractivity contribution in [3.05, 3.63) is 0 Å². The third-order valence-corrected chi connectivity index (χ3v) is 4.16. The largest absolute Gasteiger partial charge is 0.377 e. The molecule has 1 aliphatic heterocycles. The van der Waals surface area contributed by atoms with Gasteiger partial charge < -0.3 is 16.2 Å². The maximum absolute atomic E-state index is 11.1. The van der Waals surface area contributed by atoms with Crippen LogP contribution in [0.15, 0.2) is 0 Å². The van der Waals surface area contributed by atoms with Crippen molar-refractivity contribution in [3.8, 4) is 0 Å². The molecule has 16 heavy (non-hydrogen) atoms. The Morgan fingerprint density at radius 3 is 2.88 bits per heavy atom. The molecule has 1 rings (SSSR count). The van der Waals surface area contributed by atoms with E-state index in [9.17, 15) is 4.79 Å². The van der Waals surface area contributed by atoms with Crippen LogP contribution in [-0.4, -0.2) is 35.2 Å². The molecule has 0 radical (unpaired) electrons. The number of ether oxygens (including phenoxy) is 1. The first-order valence-electron chi connectivity index (χ1n) is 5.74. The van der Waals surface area contributed by atoms with Gasteiger partial charge in [-0.3, -0.25) is 4.79 Å². The van der Waals surface area contributed by atoms with Crippen molar-refractivity contribution in [2.75, 3.05) is 12.4 Å². The van der Waals surface area contributed by atoms with E-state index in [1.807, 2.05) is 0 Å². The van der Waals surface area contributed by atoms with E-state index in [4.69, 9.17) is 16.2 Å². The topological polar surface area (TPSA) is 78.3 Å². The number of nitrogens with two attached hydrogens (primary N) is 2. The van der Waals surface area contributed by atoms with Crippen molar-refractivity contribution in [3.63, 3.8) is 0 Å². The van der Waals surface area contributed by atoms with Crippen LogP contribution in [0.25, 0.3) is 0 Å². The first-order valence-corrected chi connectivity index (χ1v) is 6.78. The highest BCUT2D eigenvalue weighted by Crippen LogP contribution is 2.24. The average Bonchev–Trinajstić information content (AvgIpc) is 2.66. The lowest BCUT2D eigenvalue weighted by atomic mass is 9.97. The molecule has 0 aromatic heterocycles. The quantitative estimate of drug-likeness (QED) is 0.729. The number of carbonyl (C=O) groups excluding carboxylic acids is 1. The number of amides is 1. The van der Waals surface area contributed by atoms with Gasteiger partial charge in [-0.25, -0.2) is 0 Å². The van der Waals surface area contributed by atoms with Gasteiger partial charge in [-0.15, -0.1) is 0 Å². The van der Waals surface area contributed by atoms with Crippen LogP contribution in [0.3, 0.4) is 0 Å². The second-order valence-electron chi connectivity index (χ2n) is 4.76. The molecule has 5 heteroatoms. The molecule has 1 aliphatic rings. The van der Waals surface area contributed by atoms with Gasteiger partial charge in [0.25, 0.3) is 0 Å². The Morgan fingerprint density at radius 1 is 1.69 bits per heavy atom. The van der Waals surface area contributed by atoms with Crippen LogP contribution in [0.1, 0.15) is 33.1 Å². The Balaban J connectivity index is 2.24. The fraction of sp³-hybridized carbons (Fsp3) is 0.909. The molecule has 4 N–H and O–H groups in total. The number of hydrogen-bond acceptors (Lipinski definition) is 4. The zero-order chi connectivity index (χ0) is 12.2. The van der Waals surface area contributed by atoms with Crippen LogP contribution >= 0.6 is 11.8 Å². The van der Waals surface area contributed by atoms with Crippen molar-refractivity contribution < 1.29 is 9.53 Å². The molecule has 1 fully saturated rings. The van der Waals surface area contributed by atoms with Gasteiger partial charge in [-0.2, -0.15) is 11.8 Å². The maximum atomic E-state index is 11.1. The third-order valence-electron chi connectivity index (χ3n) is 2.87. The minimum Gasteiger partial charge on any atom is -0.377 e. The van der Waals surface area contributed by atoms with Crippen molar-refractivity contribution in [2.45, 2.75) is 50.0 Å². The maximum Gasteiger partial charge on any atom is 0.237 e. The first kappa shape index (κ1) is 13.8. The SMILES string of the molecule is CC(CC(C)(N)C(N)=O)SCC1CCCO1. The smallest absolute Gasteiger partial charge is 0.237 e. The zero-order valence-electron chi connectivity index (χ0n) is 10.1. The monoisotopic (exact) mass is 246 g/mol. The molecule has 1 heterocycles. The summed E-state index contributed by atoms with van der Waals surface area (Å²) in [6.45, 7) is 4.65. The van der Waals surface area contributed by atoms with Crippen molar-refractivity contribution in [1.82, 2.24) is 0 Å². The summed E-state index contributed by atoms with van der Waals surface area (Å²) in [6.07, 6.45) is 3.30. The minimum absolute atomic E-state index is 0.326. The summed E-state index contributed by atoms with van der Waals surface area (Å²) in [5.41, 5.74) is 10.2. The van der Waals surface area contributed by atoms with Gasteiger partial charge in [-0.1, -0.05) is 6.92 Å². The minimum atomic E-state index is -0.900. The van der Waals surface area contributed by atoms with Gasteiger partial charge in [0.15, 0.2) is 0 Å². The highest BCUT2D eigenvalue weighted by atomic mass is 32.2. The lowest BCUT2D eigenvalue weighted by Gasteiger charge is -2.24. The second-order valence-corrected chi connectivity index (χ2v) is 6.24. The molecule has 1 amide bonds. The molecule has 0 spiro atoms. The van der Waals surface area contributed by atoms with Crippen LogP contribution in [-0.2, 0) is 9.53 Å². The fourth-order valence-corrected chi connectivity index (χ4v) is 3.07. The Morgan fingerprint density at radius 2 is 2.38 bits per heavy atom. The molecule has 0 saturated carbocycles. The third kappa shape index (κ3) is 4.31. The van der Waals surface area contributed by atoms with E-state index in [1.165, 1.54) is 0 Å². The summed E-state index contributed by atoms with van der Waals surface area (Å²) in [5.74, 6) is 0.549. The van der Waals surface area contributed by atoms with Gasteiger partial charge >= 0.3 is 0 Å². The average molecular weight is 246 g/mol. The summed E-state index contributed by atoms with van der Waals surface area (Å²) >= 11 is 1.81. The highest BCUT2D eigenvalue weighted by Gasteiger charge is 2.28. The van der Waals surface area contributed by atoms with Crippen LogP contribution in [0, 0.1) is 0 Å². The number of carbonyl (C=O) groups is 1. The van der Waals surface area contributed by atoms with E-state index in [2.05, 4.69) is 6.92 Å². The summed E-state index contributed by atoms with van der Waals surface area (Å²) < 4.78 is 5.54. The Kier molecular flexibility index (Phi) is 5.08. The van der Waals surface area contributed by atoms with Crippen LogP contribution in [0.5, 0.6) is 0 Å². The van der Waals surface area contributed by atoms with E-state index in [-0.39, 0.29) is 0 Å². The number of thioether (sulfide) groups is 1. The molecule has 3 atom stereocenters. The Bertz CT molecular complexity index is 240. The number of hydrogen-bond donors (Lipinski definition) is 2. The molecule has 4 nitrogen and oxygen atoms in total. The van der Waals surface area contributed by atoms with Crippen LogP contribution in [0.2, 0.25) is 0 Å². The van der Waals surface area contributed by atoms with E-state index in [0.29, 0.717) is 17.8 Å². The molecule has 0 aliphatic carbocycles. The molecule has 0 aromatic carbocycles. The zero-order valence-corrected chi connectivity index (χ0v) is 10.9. The van der Waals surface area contributed by atoms with Gasteiger partial charge in [0, 0.05) is 17.6 Å². The van der Waals surface area contributed by atoms with E-state index in [1.54, 1.807) is 18.7 Å². The van der Waals surface area contributed by atoms with Crippen molar-refractivity contribution >= 4 is 17.7 Å². The van der Waals surface area contributed by atoms with E-state index in [0.717, 1.165) is 25.2 Å². The molecular weight excluding hydrogens is 224 g/mol. The van der Waals surface area contributed by atoms with E-state index >= 15 is 0 Å². The van der Waals surface area contributed by atoms with Gasteiger partial charge in [0.05, 0.1) is 11.6 Å². The second kappa shape index (κ2) is 5.89. The molecule has 0 aromatic rings. The van der Waals surface area contributed by atoms with Gasteiger partial charge in [0.2, 0.25) is 5.91 Å². The predicted molar refractivity (Wildman–Crippen MR) is 67.3 cm³/mol. The molecule has 1 saturated heterocycles. The lowest BCUT2D eigenvalue weighted by Crippen LogP contribution is -2.50. The molecular formula is C11H22N2O2S. The van der Waals surface area contributed by atoms with Crippen molar-refractivity contribution in [2.24, 2.45) is 11.5 Å². The van der Waals surface area contributed by atoms with Gasteiger partial charge in [0.1, 0.15) is 0 Å². The summed E-state index contributed by atoms with van der Waals surface area (Å²) in [6, 6.07) is 0. The molecule has 0 bridgehead atoms. The summed E-state index contributed by atoms with van der Waals surface area (Å²) in [4.78, 5) is 11.1. The Labute approximate surface area is 101 Å². The number of primary amides is 1. The van der Waals surface area contributed by atoms with E-state index < -0.39 is 11.4 Å². The van der Waals surface area contributed by atoms with Crippen LogP contribution in [0.4, 0.5) is 0 Å². The molecule has 94 valence electrons. The standard InChI is InChI=1S/C11H22N2O2S/c1-8(6-11(2,13)10(12)14)16-7-9-4-3-5-15-9/h8-9H,3-7,13H2,1-2H3,(H2,12,14). The first-order chi connectivity index (χ1) is 7.42. The lowest BCUT2D eigenvalue weighted by molar-refractivity contribution is -0.122. The number of rotatable bonds is 6. The normalized spacial score (nSPS) is 26.3. The fourth-order valence-electron chi connectivity index (χ4n) is 1.80. The van der Waals surface area contributed by atoms with Crippen molar-refractivity contribution in [1.29, 1.82) is 0 Å². The highest BCUT2D eigenvalue weighted by molar-refractivity contribution is 7.99. The summed E-state index contributed by atoms with van der Waals surface area (Å²) in [5, 5.41) is 0.326. The van der Waals surface area contributed by atoms with Gasteiger partial charge in [-0.05, 0) is 26.2 Å².